The van der Waals surface area contributed by atoms with Crippen LogP contribution in [0.2, 0.25) is 0 Å². The summed E-state index contributed by atoms with van der Waals surface area (Å²) in [5.74, 6) is -0.804. The van der Waals surface area contributed by atoms with Crippen LogP contribution in [-0.2, 0) is 32.7 Å². The van der Waals surface area contributed by atoms with Crippen LogP contribution in [0.5, 0.6) is 0 Å². The van der Waals surface area contributed by atoms with E-state index in [2.05, 4.69) is 13.8 Å². The molecule has 0 heterocycles. The average molecular weight is 930 g/mol. The van der Waals surface area contributed by atoms with Gasteiger partial charge in [0.1, 0.15) is 6.61 Å². The normalized spacial score (nSPS) is 13.0. The fraction of sp³-hybridized carbons (Fsp3) is 0.963. The van der Waals surface area contributed by atoms with E-state index in [0.717, 1.165) is 32.1 Å². The summed E-state index contributed by atoms with van der Waals surface area (Å²) in [4.78, 5) is 35.1. The van der Waals surface area contributed by atoms with Gasteiger partial charge in [-0.15, -0.1) is 0 Å². The number of hydrogen-bond acceptors (Lipinski definition) is 8. The number of phosphoric acid groups is 1. The van der Waals surface area contributed by atoms with Crippen LogP contribution < -0.4 is 5.73 Å². The van der Waals surface area contributed by atoms with E-state index in [1.54, 1.807) is 0 Å². The lowest BCUT2D eigenvalue weighted by Gasteiger charge is -2.19. The van der Waals surface area contributed by atoms with Gasteiger partial charge < -0.3 is 20.1 Å². The monoisotopic (exact) mass is 930 g/mol. The van der Waals surface area contributed by atoms with Crippen LogP contribution in [0.4, 0.5) is 0 Å². The van der Waals surface area contributed by atoms with Gasteiger partial charge in [-0.3, -0.25) is 18.6 Å². The lowest BCUT2D eigenvalue weighted by Crippen LogP contribution is -2.29. The van der Waals surface area contributed by atoms with Gasteiger partial charge in [0.05, 0.1) is 13.2 Å². The third kappa shape index (κ3) is 50.4. The van der Waals surface area contributed by atoms with Crippen molar-refractivity contribution in [1.29, 1.82) is 0 Å². The van der Waals surface area contributed by atoms with Gasteiger partial charge in [0.15, 0.2) is 6.10 Å². The molecule has 0 spiro atoms. The molecule has 0 saturated carbocycles. The van der Waals surface area contributed by atoms with E-state index in [4.69, 9.17) is 24.3 Å². The van der Waals surface area contributed by atoms with Crippen molar-refractivity contribution in [3.8, 4) is 0 Å². The van der Waals surface area contributed by atoms with E-state index in [-0.39, 0.29) is 38.6 Å². The average Bonchev–Trinajstić information content (AvgIpc) is 3.28. The maximum absolute atomic E-state index is 12.7. The first-order chi connectivity index (χ1) is 31.3. The lowest BCUT2D eigenvalue weighted by molar-refractivity contribution is -0.161. The van der Waals surface area contributed by atoms with E-state index < -0.39 is 26.5 Å². The number of phosphoric ester groups is 1. The van der Waals surface area contributed by atoms with Crippen molar-refractivity contribution < 1.29 is 37.6 Å². The third-order valence-electron chi connectivity index (χ3n) is 12.7. The predicted molar refractivity (Wildman–Crippen MR) is 271 cm³/mol. The largest absolute Gasteiger partial charge is 0.472 e. The van der Waals surface area contributed by atoms with Crippen LogP contribution in [-0.4, -0.2) is 49.3 Å². The zero-order valence-corrected chi connectivity index (χ0v) is 43.4. The summed E-state index contributed by atoms with van der Waals surface area (Å²) in [7, 11) is -4.38. The molecule has 0 saturated heterocycles. The summed E-state index contributed by atoms with van der Waals surface area (Å²) in [6.45, 7) is 3.81. The Kier molecular flexibility index (Phi) is 50.6. The van der Waals surface area contributed by atoms with Crippen molar-refractivity contribution in [2.45, 2.75) is 309 Å². The molecule has 0 bridgehead atoms. The van der Waals surface area contributed by atoms with Crippen molar-refractivity contribution in [1.82, 2.24) is 0 Å². The smallest absolute Gasteiger partial charge is 0.462 e. The Hall–Kier alpha value is -0.990. The maximum Gasteiger partial charge on any atom is 0.472 e. The van der Waals surface area contributed by atoms with Crippen molar-refractivity contribution in [2.75, 3.05) is 26.4 Å². The van der Waals surface area contributed by atoms with E-state index in [1.807, 2.05) is 0 Å². The highest BCUT2D eigenvalue weighted by Gasteiger charge is 2.26. The minimum atomic E-state index is -4.38. The second-order valence-electron chi connectivity index (χ2n) is 19.2. The van der Waals surface area contributed by atoms with Gasteiger partial charge in [-0.2, -0.15) is 0 Å². The first-order valence-corrected chi connectivity index (χ1v) is 29.5. The molecular weight excluding hydrogens is 822 g/mol. The molecule has 0 aromatic rings. The van der Waals surface area contributed by atoms with E-state index in [0.29, 0.717) is 6.42 Å². The fourth-order valence-electron chi connectivity index (χ4n) is 8.58. The summed E-state index contributed by atoms with van der Waals surface area (Å²) in [5, 5.41) is 0. The van der Waals surface area contributed by atoms with Crippen LogP contribution in [0.25, 0.3) is 0 Å². The molecular formula is C54H108NO8P. The second-order valence-corrected chi connectivity index (χ2v) is 20.6. The summed E-state index contributed by atoms with van der Waals surface area (Å²) < 4.78 is 33.0. The zero-order valence-electron chi connectivity index (χ0n) is 42.6. The highest BCUT2D eigenvalue weighted by Crippen LogP contribution is 2.43. The molecule has 0 aliphatic rings. The third-order valence-corrected chi connectivity index (χ3v) is 13.7. The van der Waals surface area contributed by atoms with Crippen LogP contribution >= 0.6 is 7.82 Å². The Bertz CT molecular complexity index is 1020. The standard InChI is InChI=1S/C54H108NO8P/c1-3-5-7-9-11-13-15-17-19-21-22-23-24-25-26-27-28-29-30-31-33-35-37-39-41-43-45-47-54(57)63-52(51-62-64(58,59)61-49-48-55)50-60-53(56)46-44-42-40-38-36-34-32-20-18-16-14-12-10-8-6-4-2/h52H,3-51,55H2,1-2H3,(H,58,59). The van der Waals surface area contributed by atoms with Crippen LogP contribution in [0.3, 0.4) is 0 Å². The topological polar surface area (TPSA) is 134 Å². The van der Waals surface area contributed by atoms with Gasteiger partial charge in [0, 0.05) is 19.4 Å². The Labute approximate surface area is 397 Å². The predicted octanol–water partition coefficient (Wildman–Crippen LogP) is 17.1. The molecule has 0 radical (unpaired) electrons. The molecule has 3 N–H and O–H groups in total. The molecule has 0 rings (SSSR count). The molecule has 0 aliphatic heterocycles. The number of unbranched alkanes of at least 4 members (excludes halogenated alkanes) is 41. The zero-order chi connectivity index (χ0) is 46.7. The summed E-state index contributed by atoms with van der Waals surface area (Å²) >= 11 is 0. The number of nitrogens with two attached hydrogens (primary N) is 1. The Morgan fingerprint density at radius 2 is 0.672 bits per heavy atom. The molecule has 9 nitrogen and oxygen atoms in total. The Balaban J connectivity index is 3.89. The number of ether oxygens (including phenoxy) is 2. The van der Waals surface area contributed by atoms with E-state index in [9.17, 15) is 19.0 Å². The molecule has 2 atom stereocenters. The van der Waals surface area contributed by atoms with Gasteiger partial charge >= 0.3 is 19.8 Å². The molecule has 0 aromatic carbocycles. The van der Waals surface area contributed by atoms with Gasteiger partial charge in [-0.25, -0.2) is 4.57 Å². The minimum Gasteiger partial charge on any atom is -0.462 e. The van der Waals surface area contributed by atoms with Crippen molar-refractivity contribution in [3.63, 3.8) is 0 Å². The molecule has 0 fully saturated rings. The molecule has 10 heteroatoms. The lowest BCUT2D eigenvalue weighted by atomic mass is 10.0. The first kappa shape index (κ1) is 63.0. The summed E-state index contributed by atoms with van der Waals surface area (Å²) in [5.41, 5.74) is 5.37. The van der Waals surface area contributed by atoms with Gasteiger partial charge in [0.2, 0.25) is 0 Å². The molecule has 0 aromatic heterocycles. The minimum absolute atomic E-state index is 0.0585. The highest BCUT2D eigenvalue weighted by molar-refractivity contribution is 7.47. The van der Waals surface area contributed by atoms with E-state index >= 15 is 0 Å². The van der Waals surface area contributed by atoms with Crippen LogP contribution in [0.15, 0.2) is 0 Å². The summed E-state index contributed by atoms with van der Waals surface area (Å²) in [6, 6.07) is 0. The molecule has 0 aliphatic carbocycles. The number of carbonyl (C=O) groups is 2. The van der Waals surface area contributed by atoms with Crippen molar-refractivity contribution in [3.05, 3.63) is 0 Å². The quantitative estimate of drug-likeness (QED) is 0.0347. The van der Waals surface area contributed by atoms with Crippen LogP contribution in [0.1, 0.15) is 303 Å². The number of rotatable bonds is 54. The fourth-order valence-corrected chi connectivity index (χ4v) is 9.35. The molecule has 0 amide bonds. The first-order valence-electron chi connectivity index (χ1n) is 28.0. The van der Waals surface area contributed by atoms with E-state index in [1.165, 1.54) is 238 Å². The molecule has 2 unspecified atom stereocenters. The Morgan fingerprint density at radius 1 is 0.406 bits per heavy atom. The maximum atomic E-state index is 12.7. The van der Waals surface area contributed by atoms with Crippen molar-refractivity contribution in [2.24, 2.45) is 5.73 Å². The van der Waals surface area contributed by atoms with Gasteiger partial charge in [0.25, 0.3) is 0 Å². The Morgan fingerprint density at radius 3 is 0.953 bits per heavy atom. The second kappa shape index (κ2) is 51.4. The van der Waals surface area contributed by atoms with Crippen LogP contribution in [0, 0.1) is 0 Å². The number of esters is 2. The highest BCUT2D eigenvalue weighted by atomic mass is 31.2. The number of carbonyl (C=O) groups excluding carboxylic acids is 2. The molecule has 64 heavy (non-hydrogen) atoms. The number of hydrogen-bond donors (Lipinski definition) is 2. The summed E-state index contributed by atoms with van der Waals surface area (Å²) in [6.07, 6.45) is 55.9. The van der Waals surface area contributed by atoms with Crippen molar-refractivity contribution >= 4 is 19.8 Å². The SMILES string of the molecule is CCCCCCCCCCCCCCCCCCCCCCCCCCCCCC(=O)OC(COC(=O)CCCCCCCCCCCCCCCCCC)COP(=O)(O)OCCN. The molecule has 382 valence electrons. The van der Waals surface area contributed by atoms with Gasteiger partial charge in [-0.1, -0.05) is 277 Å². The van der Waals surface area contributed by atoms with Gasteiger partial charge in [-0.05, 0) is 12.8 Å².